The monoisotopic (exact) mass is 322 g/mol. The van der Waals surface area contributed by atoms with E-state index in [4.69, 9.17) is 9.47 Å². The van der Waals surface area contributed by atoms with E-state index in [2.05, 4.69) is 5.32 Å². The van der Waals surface area contributed by atoms with Gasteiger partial charge in [0.05, 0.1) is 18.8 Å². The third-order valence-corrected chi connectivity index (χ3v) is 4.51. The molecule has 1 spiro atoms. The van der Waals surface area contributed by atoms with Gasteiger partial charge in [-0.3, -0.25) is 4.79 Å². The van der Waals surface area contributed by atoms with Gasteiger partial charge < -0.3 is 19.7 Å². The van der Waals surface area contributed by atoms with Crippen molar-refractivity contribution in [3.63, 3.8) is 0 Å². The number of nitrogens with one attached hydrogen (secondary N) is 1. The predicted octanol–water partition coefficient (Wildman–Crippen LogP) is 1.57. The number of rotatable bonds is 4. The fourth-order valence-corrected chi connectivity index (χ4v) is 3.21. The van der Waals surface area contributed by atoms with Crippen LogP contribution < -0.4 is 10.1 Å². The largest absolute Gasteiger partial charge is 0.478 e. The van der Waals surface area contributed by atoms with E-state index >= 15 is 0 Å². The molecule has 1 aromatic rings. The number of hydrogen-bond acceptors (Lipinski definition) is 4. The number of hydrogen-bond donors (Lipinski definition) is 1. The number of ether oxygens (including phenoxy) is 2. The number of benzene rings is 1. The van der Waals surface area contributed by atoms with E-state index in [1.165, 1.54) is 6.07 Å². The van der Waals surface area contributed by atoms with Crippen LogP contribution in [0.4, 0.5) is 4.39 Å². The van der Waals surface area contributed by atoms with Crippen molar-refractivity contribution in [1.82, 2.24) is 10.2 Å². The van der Waals surface area contributed by atoms with Gasteiger partial charge in [-0.25, -0.2) is 4.39 Å². The van der Waals surface area contributed by atoms with Crippen LogP contribution in [0.15, 0.2) is 24.3 Å². The van der Waals surface area contributed by atoms with Crippen molar-refractivity contribution in [2.75, 3.05) is 32.8 Å². The molecule has 0 saturated carbocycles. The minimum absolute atomic E-state index is 0.0956. The van der Waals surface area contributed by atoms with Crippen LogP contribution in [-0.2, 0) is 9.53 Å². The van der Waals surface area contributed by atoms with Crippen LogP contribution in [0.3, 0.4) is 0 Å². The molecule has 5 nitrogen and oxygen atoms in total. The highest BCUT2D eigenvalue weighted by molar-refractivity contribution is 5.81. The molecule has 1 aromatic carbocycles. The standard InChI is InChI=1S/C17H23FN2O3/c1-2-14(23-15-6-4-3-5-13(15)18)16(21)20-9-7-17(12-20)11-19-8-10-22-17/h3-6,14,19H,2,7-12H2,1H3. The Balaban J connectivity index is 1.65. The Morgan fingerprint density at radius 2 is 2.35 bits per heavy atom. The zero-order chi connectivity index (χ0) is 16.3. The van der Waals surface area contributed by atoms with Gasteiger partial charge in [0.1, 0.15) is 0 Å². The predicted molar refractivity (Wildman–Crippen MR) is 83.9 cm³/mol. The number of morpholine rings is 1. The van der Waals surface area contributed by atoms with Crippen molar-refractivity contribution in [3.8, 4) is 5.75 Å². The molecule has 0 radical (unpaired) electrons. The molecule has 1 amide bonds. The molecule has 23 heavy (non-hydrogen) atoms. The molecule has 2 fully saturated rings. The number of likely N-dealkylation sites (tertiary alicyclic amines) is 1. The number of amides is 1. The van der Waals surface area contributed by atoms with E-state index in [0.717, 1.165) is 19.5 Å². The van der Waals surface area contributed by atoms with E-state index in [9.17, 15) is 9.18 Å². The Labute approximate surface area is 135 Å². The molecule has 2 aliphatic heterocycles. The molecule has 2 saturated heterocycles. The lowest BCUT2D eigenvalue weighted by atomic mass is 10.0. The number of carbonyl (C=O) groups is 1. The smallest absolute Gasteiger partial charge is 0.263 e. The number of para-hydroxylation sites is 1. The molecule has 2 unspecified atom stereocenters. The summed E-state index contributed by atoms with van der Waals surface area (Å²) in [5.41, 5.74) is -0.274. The molecular formula is C17H23FN2O3. The molecule has 0 bridgehead atoms. The van der Waals surface area contributed by atoms with Crippen molar-refractivity contribution in [2.45, 2.75) is 31.5 Å². The molecule has 6 heteroatoms. The molecule has 3 rings (SSSR count). The average molecular weight is 322 g/mol. The maximum absolute atomic E-state index is 13.7. The fraction of sp³-hybridized carbons (Fsp3) is 0.588. The highest BCUT2D eigenvalue weighted by Crippen LogP contribution is 2.28. The molecule has 126 valence electrons. The van der Waals surface area contributed by atoms with E-state index < -0.39 is 11.9 Å². The molecule has 2 aliphatic rings. The summed E-state index contributed by atoms with van der Waals surface area (Å²) in [6.45, 7) is 5.37. The zero-order valence-electron chi connectivity index (χ0n) is 13.4. The average Bonchev–Trinajstić information content (AvgIpc) is 2.97. The van der Waals surface area contributed by atoms with E-state index in [1.54, 1.807) is 23.1 Å². The number of carbonyl (C=O) groups excluding carboxylic acids is 1. The Morgan fingerprint density at radius 1 is 1.52 bits per heavy atom. The summed E-state index contributed by atoms with van der Waals surface area (Å²) in [5.74, 6) is -0.421. The minimum atomic E-state index is -0.668. The first-order chi connectivity index (χ1) is 11.1. The Kier molecular flexibility index (Phi) is 4.82. The summed E-state index contributed by atoms with van der Waals surface area (Å²) in [4.78, 5) is 14.5. The van der Waals surface area contributed by atoms with Gasteiger partial charge in [-0.15, -0.1) is 0 Å². The van der Waals surface area contributed by atoms with Gasteiger partial charge in [0, 0.05) is 19.6 Å². The lowest BCUT2D eigenvalue weighted by molar-refractivity contribution is -0.139. The molecule has 2 atom stereocenters. The van der Waals surface area contributed by atoms with Crippen LogP contribution in [0.5, 0.6) is 5.75 Å². The molecular weight excluding hydrogens is 299 g/mol. The molecule has 0 aromatic heterocycles. The summed E-state index contributed by atoms with van der Waals surface area (Å²) >= 11 is 0. The van der Waals surface area contributed by atoms with Gasteiger partial charge in [0.25, 0.3) is 5.91 Å². The van der Waals surface area contributed by atoms with Crippen LogP contribution in [0.2, 0.25) is 0 Å². The van der Waals surface area contributed by atoms with Crippen molar-refractivity contribution >= 4 is 5.91 Å². The van der Waals surface area contributed by atoms with E-state index in [0.29, 0.717) is 26.1 Å². The SMILES string of the molecule is CCC(Oc1ccccc1F)C(=O)N1CCC2(CNCCO2)C1. The first-order valence-corrected chi connectivity index (χ1v) is 8.18. The van der Waals surface area contributed by atoms with Crippen LogP contribution in [-0.4, -0.2) is 55.3 Å². The third kappa shape index (κ3) is 3.48. The van der Waals surface area contributed by atoms with E-state index in [-0.39, 0.29) is 17.3 Å². The van der Waals surface area contributed by atoms with Gasteiger partial charge in [-0.05, 0) is 25.0 Å². The molecule has 2 heterocycles. The summed E-state index contributed by atoms with van der Waals surface area (Å²) in [6, 6.07) is 6.18. The third-order valence-electron chi connectivity index (χ3n) is 4.51. The maximum Gasteiger partial charge on any atom is 0.263 e. The second-order valence-electron chi connectivity index (χ2n) is 6.16. The summed E-state index contributed by atoms with van der Waals surface area (Å²) in [6.07, 6.45) is 0.649. The van der Waals surface area contributed by atoms with Crippen molar-refractivity contribution < 1.29 is 18.7 Å². The summed E-state index contributed by atoms with van der Waals surface area (Å²) < 4.78 is 25.3. The van der Waals surface area contributed by atoms with Crippen LogP contribution in [0, 0.1) is 5.82 Å². The Morgan fingerprint density at radius 3 is 3.04 bits per heavy atom. The lowest BCUT2D eigenvalue weighted by Gasteiger charge is -2.34. The second kappa shape index (κ2) is 6.84. The molecule has 0 aliphatic carbocycles. The van der Waals surface area contributed by atoms with Gasteiger partial charge in [0.15, 0.2) is 17.7 Å². The van der Waals surface area contributed by atoms with Crippen LogP contribution in [0.25, 0.3) is 0 Å². The van der Waals surface area contributed by atoms with Crippen molar-refractivity contribution in [2.24, 2.45) is 0 Å². The van der Waals surface area contributed by atoms with Gasteiger partial charge >= 0.3 is 0 Å². The fourth-order valence-electron chi connectivity index (χ4n) is 3.21. The van der Waals surface area contributed by atoms with Crippen molar-refractivity contribution in [3.05, 3.63) is 30.1 Å². The Bertz CT molecular complexity index is 561. The molecule has 1 N–H and O–H groups in total. The first kappa shape index (κ1) is 16.2. The van der Waals surface area contributed by atoms with Crippen LogP contribution in [0.1, 0.15) is 19.8 Å². The zero-order valence-corrected chi connectivity index (χ0v) is 13.4. The Hall–Kier alpha value is -1.66. The summed E-state index contributed by atoms with van der Waals surface area (Å²) in [7, 11) is 0. The quantitative estimate of drug-likeness (QED) is 0.914. The van der Waals surface area contributed by atoms with Gasteiger partial charge in [-0.1, -0.05) is 19.1 Å². The first-order valence-electron chi connectivity index (χ1n) is 8.18. The summed E-state index contributed by atoms with van der Waals surface area (Å²) in [5, 5.41) is 3.32. The van der Waals surface area contributed by atoms with Gasteiger partial charge in [0.2, 0.25) is 0 Å². The van der Waals surface area contributed by atoms with Crippen molar-refractivity contribution in [1.29, 1.82) is 0 Å². The highest BCUT2D eigenvalue weighted by atomic mass is 19.1. The van der Waals surface area contributed by atoms with Gasteiger partial charge in [-0.2, -0.15) is 0 Å². The number of nitrogens with zero attached hydrogens (tertiary/aromatic N) is 1. The second-order valence-corrected chi connectivity index (χ2v) is 6.16. The highest BCUT2D eigenvalue weighted by Gasteiger charge is 2.43. The topological polar surface area (TPSA) is 50.8 Å². The number of halogens is 1. The maximum atomic E-state index is 13.7. The normalized spacial score (nSPS) is 25.6. The minimum Gasteiger partial charge on any atom is -0.478 e. The van der Waals surface area contributed by atoms with Crippen LogP contribution >= 0.6 is 0 Å². The van der Waals surface area contributed by atoms with E-state index in [1.807, 2.05) is 6.92 Å². The lowest BCUT2D eigenvalue weighted by Crippen LogP contribution is -2.52.